The number of phenolic OH excluding ortho intramolecular Hbond substituents is 1. The molecule has 1 atom stereocenters. The van der Waals surface area contributed by atoms with Crippen molar-refractivity contribution in [1.29, 1.82) is 0 Å². The monoisotopic (exact) mass is 363 g/mol. The van der Waals surface area contributed by atoms with Crippen molar-refractivity contribution in [2.24, 2.45) is 0 Å². The number of pyridine rings is 1. The highest BCUT2D eigenvalue weighted by atomic mass is 16.3. The van der Waals surface area contributed by atoms with Crippen molar-refractivity contribution in [2.45, 2.75) is 45.1 Å². The first-order valence-corrected chi connectivity index (χ1v) is 9.58. The summed E-state index contributed by atoms with van der Waals surface area (Å²) < 4.78 is 1.78. The van der Waals surface area contributed by atoms with Crippen LogP contribution in [-0.4, -0.2) is 37.4 Å². The minimum atomic E-state index is 0.307. The van der Waals surface area contributed by atoms with Crippen molar-refractivity contribution in [1.82, 2.24) is 25.1 Å². The van der Waals surface area contributed by atoms with Gasteiger partial charge in [-0.05, 0) is 74.5 Å². The zero-order valence-corrected chi connectivity index (χ0v) is 15.6. The van der Waals surface area contributed by atoms with E-state index in [1.807, 2.05) is 31.2 Å². The van der Waals surface area contributed by atoms with Gasteiger partial charge in [0.25, 0.3) is 0 Å². The third-order valence-corrected chi connectivity index (χ3v) is 5.24. The van der Waals surface area contributed by atoms with Gasteiger partial charge in [-0.1, -0.05) is 12.5 Å². The summed E-state index contributed by atoms with van der Waals surface area (Å²) in [6.07, 6.45) is 9.17. The number of hydrogen-bond donors (Lipinski definition) is 2. The largest absolute Gasteiger partial charge is 0.508 e. The fourth-order valence-corrected chi connectivity index (χ4v) is 3.80. The molecular weight excluding hydrogens is 338 g/mol. The number of rotatable bonds is 5. The van der Waals surface area contributed by atoms with Crippen LogP contribution >= 0.6 is 0 Å². The van der Waals surface area contributed by atoms with E-state index in [0.717, 1.165) is 42.0 Å². The van der Waals surface area contributed by atoms with Gasteiger partial charge in [-0.15, -0.1) is 10.2 Å². The van der Waals surface area contributed by atoms with E-state index in [2.05, 4.69) is 26.6 Å². The molecule has 2 N–H and O–H groups in total. The summed E-state index contributed by atoms with van der Waals surface area (Å²) in [5, 5.41) is 21.5. The Balaban J connectivity index is 1.55. The number of piperidine rings is 1. The molecule has 1 aromatic carbocycles. The first kappa shape index (κ1) is 17.7. The van der Waals surface area contributed by atoms with Crippen LogP contribution in [-0.2, 0) is 6.42 Å². The number of nitrogens with one attached hydrogen (secondary N) is 1. The zero-order chi connectivity index (χ0) is 18.6. The lowest BCUT2D eigenvalue weighted by Gasteiger charge is -2.23. The highest BCUT2D eigenvalue weighted by Crippen LogP contribution is 2.29. The van der Waals surface area contributed by atoms with Gasteiger partial charge in [0.05, 0.1) is 0 Å². The normalized spacial score (nSPS) is 17.1. The number of aromatic hydroxyl groups is 1. The van der Waals surface area contributed by atoms with E-state index < -0.39 is 0 Å². The molecule has 2 aromatic heterocycles. The van der Waals surface area contributed by atoms with Gasteiger partial charge in [-0.25, -0.2) is 4.98 Å². The van der Waals surface area contributed by atoms with E-state index in [-0.39, 0.29) is 0 Å². The SMILES string of the molecule is Cc1nc(-n2cnnc2)ccc1-c1cc(O)cc(CC[C@@H]2CCCCN2)c1. The summed E-state index contributed by atoms with van der Waals surface area (Å²) in [5.41, 5.74) is 4.10. The minimum Gasteiger partial charge on any atom is -0.508 e. The van der Waals surface area contributed by atoms with Crippen molar-refractivity contribution >= 4 is 0 Å². The highest BCUT2D eigenvalue weighted by Gasteiger charge is 2.13. The maximum Gasteiger partial charge on any atom is 0.139 e. The van der Waals surface area contributed by atoms with Gasteiger partial charge in [0, 0.05) is 17.3 Å². The van der Waals surface area contributed by atoms with Gasteiger partial charge in [-0.2, -0.15) is 0 Å². The van der Waals surface area contributed by atoms with Crippen LogP contribution in [0.15, 0.2) is 43.0 Å². The molecule has 0 radical (unpaired) electrons. The Morgan fingerprint density at radius 3 is 2.74 bits per heavy atom. The van der Waals surface area contributed by atoms with Crippen LogP contribution in [0.3, 0.4) is 0 Å². The van der Waals surface area contributed by atoms with E-state index in [9.17, 15) is 5.11 Å². The molecule has 0 spiro atoms. The Hall–Kier alpha value is -2.73. The van der Waals surface area contributed by atoms with Crippen LogP contribution < -0.4 is 5.32 Å². The predicted molar refractivity (Wildman–Crippen MR) is 105 cm³/mol. The van der Waals surface area contributed by atoms with Crippen LogP contribution in [0.1, 0.15) is 36.9 Å². The molecule has 1 fully saturated rings. The molecule has 27 heavy (non-hydrogen) atoms. The Kier molecular flexibility index (Phi) is 5.16. The number of nitrogens with zero attached hydrogens (tertiary/aromatic N) is 4. The lowest BCUT2D eigenvalue weighted by Crippen LogP contribution is -2.34. The zero-order valence-electron chi connectivity index (χ0n) is 15.6. The molecule has 4 rings (SSSR count). The summed E-state index contributed by atoms with van der Waals surface area (Å²) in [4.78, 5) is 4.66. The van der Waals surface area contributed by atoms with E-state index in [1.54, 1.807) is 17.2 Å². The first-order valence-electron chi connectivity index (χ1n) is 9.58. The maximum atomic E-state index is 10.2. The quantitative estimate of drug-likeness (QED) is 0.726. The van der Waals surface area contributed by atoms with Gasteiger partial charge >= 0.3 is 0 Å². The molecule has 3 heterocycles. The Bertz CT molecular complexity index is 901. The molecule has 1 aliphatic heterocycles. The lowest BCUT2D eigenvalue weighted by molar-refractivity contribution is 0.382. The van der Waals surface area contributed by atoms with Gasteiger partial charge < -0.3 is 10.4 Å². The summed E-state index contributed by atoms with van der Waals surface area (Å²) in [5.74, 6) is 1.09. The lowest BCUT2D eigenvalue weighted by atomic mass is 9.95. The second kappa shape index (κ2) is 7.88. The first-order chi connectivity index (χ1) is 13.2. The average Bonchev–Trinajstić information content (AvgIpc) is 3.21. The van der Waals surface area contributed by atoms with Crippen molar-refractivity contribution in [2.75, 3.05) is 6.54 Å². The smallest absolute Gasteiger partial charge is 0.139 e. The summed E-state index contributed by atoms with van der Waals surface area (Å²) in [6.45, 7) is 3.11. The maximum absolute atomic E-state index is 10.2. The number of aromatic nitrogens is 4. The van der Waals surface area contributed by atoms with Crippen LogP contribution in [0.5, 0.6) is 5.75 Å². The van der Waals surface area contributed by atoms with Crippen molar-refractivity contribution in [3.8, 4) is 22.7 Å². The second-order valence-electron chi connectivity index (χ2n) is 7.25. The van der Waals surface area contributed by atoms with E-state index in [4.69, 9.17) is 0 Å². The van der Waals surface area contributed by atoms with Gasteiger partial charge in [0.1, 0.15) is 24.2 Å². The Morgan fingerprint density at radius 2 is 2.00 bits per heavy atom. The van der Waals surface area contributed by atoms with E-state index in [0.29, 0.717) is 11.8 Å². The molecule has 3 aromatic rings. The van der Waals surface area contributed by atoms with E-state index in [1.165, 1.54) is 24.8 Å². The van der Waals surface area contributed by atoms with Crippen LogP contribution in [0.4, 0.5) is 0 Å². The molecule has 0 saturated carbocycles. The molecular formula is C21H25N5O. The molecule has 0 unspecified atom stereocenters. The van der Waals surface area contributed by atoms with Gasteiger partial charge in [-0.3, -0.25) is 4.57 Å². The van der Waals surface area contributed by atoms with Crippen molar-refractivity contribution < 1.29 is 5.11 Å². The number of benzene rings is 1. The Morgan fingerprint density at radius 1 is 1.15 bits per heavy atom. The molecule has 1 aliphatic rings. The Labute approximate surface area is 159 Å². The fraction of sp³-hybridized carbons (Fsp3) is 0.381. The summed E-state index contributed by atoms with van der Waals surface area (Å²) >= 11 is 0. The second-order valence-corrected chi connectivity index (χ2v) is 7.25. The van der Waals surface area contributed by atoms with E-state index >= 15 is 0 Å². The number of aryl methyl sites for hydroxylation is 2. The van der Waals surface area contributed by atoms with Crippen LogP contribution in [0.25, 0.3) is 16.9 Å². The molecule has 0 amide bonds. The average molecular weight is 363 g/mol. The third-order valence-electron chi connectivity index (χ3n) is 5.24. The number of hydrogen-bond acceptors (Lipinski definition) is 5. The molecule has 1 saturated heterocycles. The molecule has 0 bridgehead atoms. The molecule has 6 heteroatoms. The summed E-state index contributed by atoms with van der Waals surface area (Å²) in [7, 11) is 0. The summed E-state index contributed by atoms with van der Waals surface area (Å²) in [6, 6.07) is 10.4. The van der Waals surface area contributed by atoms with Crippen LogP contribution in [0, 0.1) is 6.92 Å². The fourth-order valence-electron chi connectivity index (χ4n) is 3.80. The molecule has 140 valence electrons. The number of phenols is 1. The van der Waals surface area contributed by atoms with Crippen molar-refractivity contribution in [3.63, 3.8) is 0 Å². The standard InChI is InChI=1S/C21H25N5O/c1-15-20(7-8-21(25-15)26-13-23-24-14-26)17-10-16(11-19(27)12-17)5-6-18-4-2-3-9-22-18/h7-8,10-14,18,22,27H,2-6,9H2,1H3/t18-/m0/s1. The minimum absolute atomic E-state index is 0.307. The third kappa shape index (κ3) is 4.17. The van der Waals surface area contributed by atoms with Crippen molar-refractivity contribution in [3.05, 3.63) is 54.2 Å². The van der Waals surface area contributed by atoms with Gasteiger partial charge in [0.2, 0.25) is 0 Å². The topological polar surface area (TPSA) is 75.9 Å². The van der Waals surface area contributed by atoms with Crippen LogP contribution in [0.2, 0.25) is 0 Å². The molecule has 0 aliphatic carbocycles. The van der Waals surface area contributed by atoms with Gasteiger partial charge in [0.15, 0.2) is 0 Å². The molecule has 6 nitrogen and oxygen atoms in total. The highest BCUT2D eigenvalue weighted by molar-refractivity contribution is 5.68. The predicted octanol–water partition coefficient (Wildman–Crippen LogP) is 3.42.